The highest BCUT2D eigenvalue weighted by molar-refractivity contribution is 6.31. The summed E-state index contributed by atoms with van der Waals surface area (Å²) in [5.41, 5.74) is 0.662. The van der Waals surface area contributed by atoms with E-state index in [-0.39, 0.29) is 23.1 Å². The van der Waals surface area contributed by atoms with Gasteiger partial charge in [-0.1, -0.05) is 11.6 Å². The maximum atomic E-state index is 12.2. The van der Waals surface area contributed by atoms with Gasteiger partial charge >= 0.3 is 5.97 Å². The second-order valence-electron chi connectivity index (χ2n) is 5.38. The summed E-state index contributed by atoms with van der Waals surface area (Å²) in [4.78, 5) is 12.2. The van der Waals surface area contributed by atoms with Gasteiger partial charge in [0.15, 0.2) is 6.10 Å². The van der Waals surface area contributed by atoms with Crippen LogP contribution in [0.3, 0.4) is 0 Å². The zero-order valence-electron chi connectivity index (χ0n) is 14.0. The molecule has 0 aliphatic heterocycles. The van der Waals surface area contributed by atoms with Crippen LogP contribution in [0.4, 0.5) is 0 Å². The van der Waals surface area contributed by atoms with Crippen molar-refractivity contribution >= 4 is 17.6 Å². The molecular weight excluding hydrogens is 360 g/mol. The van der Waals surface area contributed by atoms with Crippen LogP contribution >= 0.6 is 11.6 Å². The molecule has 1 N–H and O–H groups in total. The Hall–Kier alpha value is -3.06. The molecule has 3 aromatic rings. The van der Waals surface area contributed by atoms with E-state index >= 15 is 0 Å². The third-order valence-corrected chi connectivity index (χ3v) is 3.82. The Balaban J connectivity index is 1.74. The normalized spacial score (nSPS) is 11.8. The van der Waals surface area contributed by atoms with Crippen LogP contribution in [0.5, 0.6) is 11.5 Å². The molecule has 8 heteroatoms. The number of halogens is 1. The molecule has 0 fully saturated rings. The largest absolute Gasteiger partial charge is 0.507 e. The Morgan fingerprint density at radius 1 is 1.19 bits per heavy atom. The Kier molecular flexibility index (Phi) is 5.09. The van der Waals surface area contributed by atoms with Crippen molar-refractivity contribution in [3.63, 3.8) is 0 Å². The van der Waals surface area contributed by atoms with Crippen molar-refractivity contribution in [2.75, 3.05) is 7.11 Å². The van der Waals surface area contributed by atoms with E-state index in [1.54, 1.807) is 38.3 Å². The number of aromatic nitrogens is 2. The molecule has 26 heavy (non-hydrogen) atoms. The van der Waals surface area contributed by atoms with E-state index in [2.05, 4.69) is 10.2 Å². The van der Waals surface area contributed by atoms with E-state index in [0.29, 0.717) is 16.3 Å². The summed E-state index contributed by atoms with van der Waals surface area (Å²) in [6.07, 6.45) is -0.805. The number of hydrogen-bond acceptors (Lipinski definition) is 7. The molecule has 1 aromatic heterocycles. The molecule has 1 unspecified atom stereocenters. The molecule has 2 aromatic carbocycles. The lowest BCUT2D eigenvalue weighted by atomic mass is 10.2. The van der Waals surface area contributed by atoms with Gasteiger partial charge in [0.25, 0.3) is 5.89 Å². The van der Waals surface area contributed by atoms with Gasteiger partial charge in [0.1, 0.15) is 17.1 Å². The lowest BCUT2D eigenvalue weighted by molar-refractivity contribution is 0.0277. The molecule has 0 bridgehead atoms. The summed E-state index contributed by atoms with van der Waals surface area (Å²) in [7, 11) is 1.58. The predicted molar refractivity (Wildman–Crippen MR) is 93.2 cm³/mol. The van der Waals surface area contributed by atoms with Crippen molar-refractivity contribution in [1.29, 1.82) is 0 Å². The summed E-state index contributed by atoms with van der Waals surface area (Å²) in [6, 6.07) is 11.2. The number of carbonyl (C=O) groups excluding carboxylic acids is 1. The first kappa shape index (κ1) is 17.8. The fourth-order valence-corrected chi connectivity index (χ4v) is 2.37. The summed E-state index contributed by atoms with van der Waals surface area (Å²) in [5.74, 6) is 0.150. The number of hydrogen-bond donors (Lipinski definition) is 1. The average Bonchev–Trinajstić information content (AvgIpc) is 3.14. The predicted octanol–water partition coefficient (Wildman–Crippen LogP) is 4.02. The zero-order chi connectivity index (χ0) is 18.7. The maximum Gasteiger partial charge on any atom is 0.342 e. The topological polar surface area (TPSA) is 94.7 Å². The lowest BCUT2D eigenvalue weighted by Gasteiger charge is -2.10. The quantitative estimate of drug-likeness (QED) is 0.674. The first-order valence-electron chi connectivity index (χ1n) is 7.65. The van der Waals surface area contributed by atoms with Crippen molar-refractivity contribution < 1.29 is 23.8 Å². The van der Waals surface area contributed by atoms with E-state index in [0.717, 1.165) is 0 Å². The first-order valence-corrected chi connectivity index (χ1v) is 8.03. The van der Waals surface area contributed by atoms with Gasteiger partial charge in [0.05, 0.1) is 7.11 Å². The molecule has 0 radical (unpaired) electrons. The summed E-state index contributed by atoms with van der Waals surface area (Å²) >= 11 is 5.84. The van der Waals surface area contributed by atoms with Crippen LogP contribution in [0.2, 0.25) is 5.02 Å². The highest BCUT2D eigenvalue weighted by atomic mass is 35.5. The Labute approximate surface area is 154 Å². The number of carbonyl (C=O) groups is 1. The van der Waals surface area contributed by atoms with Crippen molar-refractivity contribution in [3.8, 4) is 23.0 Å². The molecule has 0 aliphatic carbocycles. The Morgan fingerprint density at radius 3 is 2.62 bits per heavy atom. The number of phenolic OH excluding ortho intramolecular Hbond substituents is 1. The third-order valence-electron chi connectivity index (χ3n) is 3.59. The van der Waals surface area contributed by atoms with Crippen molar-refractivity contribution in [3.05, 3.63) is 58.9 Å². The van der Waals surface area contributed by atoms with Gasteiger partial charge in [-0.25, -0.2) is 4.79 Å². The van der Waals surface area contributed by atoms with Crippen LogP contribution < -0.4 is 4.74 Å². The van der Waals surface area contributed by atoms with Crippen LogP contribution in [0.1, 0.15) is 29.3 Å². The van der Waals surface area contributed by atoms with E-state index in [1.165, 1.54) is 18.2 Å². The Bertz CT molecular complexity index is 924. The van der Waals surface area contributed by atoms with Crippen LogP contribution in [-0.2, 0) is 4.74 Å². The molecule has 0 saturated heterocycles. The molecule has 0 aliphatic rings. The van der Waals surface area contributed by atoms with Gasteiger partial charge in [-0.05, 0) is 49.4 Å². The van der Waals surface area contributed by atoms with Gasteiger partial charge in [0.2, 0.25) is 5.89 Å². The number of aromatic hydroxyl groups is 1. The van der Waals surface area contributed by atoms with Gasteiger partial charge in [-0.3, -0.25) is 0 Å². The van der Waals surface area contributed by atoms with E-state index in [4.69, 9.17) is 25.5 Å². The number of ether oxygens (including phenoxy) is 2. The molecule has 0 saturated carbocycles. The minimum Gasteiger partial charge on any atom is -0.507 e. The molecule has 0 spiro atoms. The van der Waals surface area contributed by atoms with Gasteiger partial charge in [0, 0.05) is 10.6 Å². The van der Waals surface area contributed by atoms with Crippen LogP contribution in [-0.4, -0.2) is 28.4 Å². The average molecular weight is 375 g/mol. The number of benzene rings is 2. The smallest absolute Gasteiger partial charge is 0.342 e. The molecule has 0 amide bonds. The minimum atomic E-state index is -0.805. The second kappa shape index (κ2) is 7.45. The van der Waals surface area contributed by atoms with E-state index < -0.39 is 12.1 Å². The monoisotopic (exact) mass is 374 g/mol. The standard InChI is InChI=1S/C18H15ClN2O5/c1-10(25-18(23)14-9-12(19)5-8-15(14)22)16-20-21-17(26-16)11-3-6-13(24-2)7-4-11/h3-10,22H,1-2H3. The minimum absolute atomic E-state index is 0.0424. The van der Waals surface area contributed by atoms with Crippen molar-refractivity contribution in [1.82, 2.24) is 10.2 Å². The summed E-state index contributed by atoms with van der Waals surface area (Å²) < 4.78 is 15.9. The number of nitrogens with zero attached hydrogens (tertiary/aromatic N) is 2. The number of rotatable bonds is 5. The van der Waals surface area contributed by atoms with Gasteiger partial charge < -0.3 is 19.0 Å². The fourth-order valence-electron chi connectivity index (χ4n) is 2.20. The van der Waals surface area contributed by atoms with Gasteiger partial charge in [-0.15, -0.1) is 10.2 Å². The van der Waals surface area contributed by atoms with Gasteiger partial charge in [-0.2, -0.15) is 0 Å². The molecule has 7 nitrogen and oxygen atoms in total. The molecule has 1 heterocycles. The van der Waals surface area contributed by atoms with Crippen LogP contribution in [0.15, 0.2) is 46.9 Å². The number of methoxy groups -OCH3 is 1. The molecule has 3 rings (SSSR count). The van der Waals surface area contributed by atoms with Crippen molar-refractivity contribution in [2.45, 2.75) is 13.0 Å². The summed E-state index contributed by atoms with van der Waals surface area (Å²) in [6.45, 7) is 1.59. The SMILES string of the molecule is COc1ccc(-c2nnc(C(C)OC(=O)c3cc(Cl)ccc3O)o2)cc1. The molecule has 1 atom stereocenters. The number of esters is 1. The fraction of sp³-hybridized carbons (Fsp3) is 0.167. The van der Waals surface area contributed by atoms with E-state index in [1.807, 2.05) is 0 Å². The highest BCUT2D eigenvalue weighted by Gasteiger charge is 2.22. The van der Waals surface area contributed by atoms with E-state index in [9.17, 15) is 9.90 Å². The van der Waals surface area contributed by atoms with Crippen LogP contribution in [0.25, 0.3) is 11.5 Å². The maximum absolute atomic E-state index is 12.2. The molecule has 134 valence electrons. The lowest BCUT2D eigenvalue weighted by Crippen LogP contribution is -2.09. The summed E-state index contributed by atoms with van der Waals surface area (Å²) in [5, 5.41) is 17.9. The van der Waals surface area contributed by atoms with Crippen molar-refractivity contribution in [2.24, 2.45) is 0 Å². The zero-order valence-corrected chi connectivity index (χ0v) is 14.7. The third kappa shape index (κ3) is 3.78. The Morgan fingerprint density at radius 2 is 1.92 bits per heavy atom. The van der Waals surface area contributed by atoms with Crippen LogP contribution in [0, 0.1) is 0 Å². The second-order valence-corrected chi connectivity index (χ2v) is 5.82. The highest BCUT2D eigenvalue weighted by Crippen LogP contribution is 2.27. The first-order chi connectivity index (χ1) is 12.5. The molecular formula is C18H15ClN2O5. The number of phenols is 1.